The standard InChI is InChI=1S/C21H17N5O3S2/c1-14-24-18(19(30-14)15-6-3-2-4-7-15)20(27)25-16-8-10-17(11-9-16)31(28,29)26-21-22-12-5-13-23-21/h2-13H,1H3,(H,25,27)(H,22,23,26). The number of hydrogen-bond donors (Lipinski definition) is 2. The van der Waals surface area contributed by atoms with Crippen molar-refractivity contribution in [3.05, 3.63) is 83.8 Å². The van der Waals surface area contributed by atoms with Crippen molar-refractivity contribution in [3.8, 4) is 10.4 Å². The predicted octanol–water partition coefficient (Wildman–Crippen LogP) is 3.96. The Morgan fingerprint density at radius 3 is 2.29 bits per heavy atom. The number of sulfonamides is 1. The monoisotopic (exact) mass is 451 g/mol. The highest BCUT2D eigenvalue weighted by Crippen LogP contribution is 2.30. The number of rotatable bonds is 6. The summed E-state index contributed by atoms with van der Waals surface area (Å²) in [5.41, 5.74) is 1.69. The number of amides is 1. The van der Waals surface area contributed by atoms with Crippen LogP contribution in [0.4, 0.5) is 11.6 Å². The van der Waals surface area contributed by atoms with Crippen LogP contribution in [0.15, 0.2) is 78.0 Å². The molecule has 4 aromatic rings. The second-order valence-corrected chi connectivity index (χ2v) is 9.32. The molecule has 10 heteroatoms. The molecule has 2 aromatic carbocycles. The molecule has 0 bridgehead atoms. The van der Waals surface area contributed by atoms with Crippen molar-refractivity contribution in [3.63, 3.8) is 0 Å². The SMILES string of the molecule is Cc1nc(C(=O)Nc2ccc(S(=O)(=O)Nc3ncccn3)cc2)c(-c2ccccc2)s1. The lowest BCUT2D eigenvalue weighted by Gasteiger charge is -2.08. The Labute approximate surface area is 183 Å². The fraction of sp³-hybridized carbons (Fsp3) is 0.0476. The highest BCUT2D eigenvalue weighted by molar-refractivity contribution is 7.92. The smallest absolute Gasteiger partial charge is 0.275 e. The summed E-state index contributed by atoms with van der Waals surface area (Å²) in [6.07, 6.45) is 2.88. The summed E-state index contributed by atoms with van der Waals surface area (Å²) >= 11 is 1.44. The lowest BCUT2D eigenvalue weighted by Crippen LogP contribution is -2.16. The normalized spacial score (nSPS) is 11.1. The molecule has 0 aliphatic heterocycles. The molecule has 1 amide bonds. The molecule has 4 rings (SSSR count). The van der Waals surface area contributed by atoms with Crippen molar-refractivity contribution in [1.29, 1.82) is 0 Å². The molecule has 0 radical (unpaired) electrons. The number of carbonyl (C=O) groups is 1. The van der Waals surface area contributed by atoms with Crippen LogP contribution < -0.4 is 10.0 Å². The third kappa shape index (κ3) is 4.76. The lowest BCUT2D eigenvalue weighted by atomic mass is 10.1. The Morgan fingerprint density at radius 2 is 1.61 bits per heavy atom. The van der Waals surface area contributed by atoms with E-state index in [-0.39, 0.29) is 16.8 Å². The van der Waals surface area contributed by atoms with Gasteiger partial charge in [-0.05, 0) is 42.8 Å². The van der Waals surface area contributed by atoms with Crippen LogP contribution in [0.3, 0.4) is 0 Å². The largest absolute Gasteiger partial charge is 0.321 e. The van der Waals surface area contributed by atoms with E-state index in [1.54, 1.807) is 6.07 Å². The highest BCUT2D eigenvalue weighted by atomic mass is 32.2. The zero-order valence-corrected chi connectivity index (χ0v) is 17.9. The summed E-state index contributed by atoms with van der Waals surface area (Å²) in [6.45, 7) is 1.84. The number of hydrogen-bond acceptors (Lipinski definition) is 7. The van der Waals surface area contributed by atoms with E-state index < -0.39 is 10.0 Å². The fourth-order valence-electron chi connectivity index (χ4n) is 2.80. The van der Waals surface area contributed by atoms with Gasteiger partial charge in [-0.25, -0.2) is 28.1 Å². The molecule has 0 saturated heterocycles. The van der Waals surface area contributed by atoms with Gasteiger partial charge >= 0.3 is 0 Å². The van der Waals surface area contributed by atoms with Gasteiger partial charge in [0.05, 0.1) is 14.8 Å². The van der Waals surface area contributed by atoms with Gasteiger partial charge in [-0.1, -0.05) is 30.3 Å². The molecule has 2 heterocycles. The van der Waals surface area contributed by atoms with E-state index in [0.717, 1.165) is 15.4 Å². The first kappa shape index (κ1) is 20.6. The molecule has 0 unspecified atom stereocenters. The van der Waals surface area contributed by atoms with Gasteiger partial charge in [-0.3, -0.25) is 4.79 Å². The first-order valence-corrected chi connectivity index (χ1v) is 11.5. The molecule has 0 atom stereocenters. The van der Waals surface area contributed by atoms with Crippen molar-refractivity contribution in [1.82, 2.24) is 15.0 Å². The van der Waals surface area contributed by atoms with Gasteiger partial charge in [0, 0.05) is 18.1 Å². The van der Waals surface area contributed by atoms with Crippen LogP contribution >= 0.6 is 11.3 Å². The molecule has 156 valence electrons. The van der Waals surface area contributed by atoms with Crippen molar-refractivity contribution >= 4 is 38.9 Å². The Morgan fingerprint density at radius 1 is 0.935 bits per heavy atom. The van der Waals surface area contributed by atoms with Crippen molar-refractivity contribution in [2.24, 2.45) is 0 Å². The molecule has 0 spiro atoms. The summed E-state index contributed by atoms with van der Waals surface area (Å²) in [5.74, 6) is -0.387. The molecule has 0 aliphatic carbocycles. The lowest BCUT2D eigenvalue weighted by molar-refractivity contribution is 0.102. The average molecular weight is 452 g/mol. The van der Waals surface area contributed by atoms with Crippen LogP contribution in [0.5, 0.6) is 0 Å². The zero-order chi connectivity index (χ0) is 21.8. The average Bonchev–Trinajstić information content (AvgIpc) is 3.17. The molecular weight excluding hydrogens is 434 g/mol. The fourth-order valence-corrected chi connectivity index (χ4v) is 4.68. The van der Waals surface area contributed by atoms with Crippen molar-refractivity contribution in [2.45, 2.75) is 11.8 Å². The van der Waals surface area contributed by atoms with Crippen LogP contribution in [0.2, 0.25) is 0 Å². The van der Waals surface area contributed by atoms with Gasteiger partial charge in [0.15, 0.2) is 0 Å². The second kappa shape index (κ2) is 8.62. The minimum absolute atomic E-state index is 0.0208. The number of thiazole rings is 1. The summed E-state index contributed by atoms with van der Waals surface area (Å²) in [5, 5.41) is 3.55. The topological polar surface area (TPSA) is 114 Å². The first-order valence-electron chi connectivity index (χ1n) is 9.16. The highest BCUT2D eigenvalue weighted by Gasteiger charge is 2.19. The maximum absolute atomic E-state index is 12.8. The van der Waals surface area contributed by atoms with Gasteiger partial charge in [0.1, 0.15) is 5.69 Å². The van der Waals surface area contributed by atoms with E-state index in [4.69, 9.17) is 0 Å². The third-order valence-corrected chi connectivity index (χ3v) is 6.56. The molecular formula is C21H17N5O3S2. The summed E-state index contributed by atoms with van der Waals surface area (Å²) in [4.78, 5) is 25.7. The second-order valence-electron chi connectivity index (χ2n) is 6.43. The number of anilines is 2. The van der Waals surface area contributed by atoms with E-state index in [1.807, 2.05) is 37.3 Å². The molecule has 0 fully saturated rings. The van der Waals surface area contributed by atoms with E-state index in [0.29, 0.717) is 11.4 Å². The Kier molecular flexibility index (Phi) is 5.74. The van der Waals surface area contributed by atoms with Gasteiger partial charge in [-0.2, -0.15) is 0 Å². The number of benzene rings is 2. The number of nitrogens with zero attached hydrogens (tertiary/aromatic N) is 3. The van der Waals surface area contributed by atoms with Crippen molar-refractivity contribution in [2.75, 3.05) is 10.0 Å². The van der Waals surface area contributed by atoms with E-state index in [1.165, 1.54) is 48.0 Å². The number of aromatic nitrogens is 3. The number of nitrogens with one attached hydrogen (secondary N) is 2. The molecule has 8 nitrogen and oxygen atoms in total. The molecule has 0 aliphatic rings. The van der Waals surface area contributed by atoms with Gasteiger partial charge < -0.3 is 5.32 Å². The van der Waals surface area contributed by atoms with E-state index >= 15 is 0 Å². The van der Waals surface area contributed by atoms with E-state index in [2.05, 4.69) is 25.0 Å². The minimum atomic E-state index is -3.85. The van der Waals surface area contributed by atoms with Crippen LogP contribution in [0.1, 0.15) is 15.5 Å². The van der Waals surface area contributed by atoms with Crippen molar-refractivity contribution < 1.29 is 13.2 Å². The maximum Gasteiger partial charge on any atom is 0.275 e. The summed E-state index contributed by atoms with van der Waals surface area (Å²) in [6, 6.07) is 17.0. The first-order chi connectivity index (χ1) is 14.9. The van der Waals surface area contributed by atoms with Crippen LogP contribution in [0, 0.1) is 6.92 Å². The number of carbonyl (C=O) groups excluding carboxylic acids is 1. The quantitative estimate of drug-likeness (QED) is 0.459. The Bertz CT molecular complexity index is 1310. The van der Waals surface area contributed by atoms with Crippen LogP contribution in [-0.2, 0) is 10.0 Å². The molecule has 0 saturated carbocycles. The molecule has 2 aromatic heterocycles. The minimum Gasteiger partial charge on any atom is -0.321 e. The molecule has 2 N–H and O–H groups in total. The predicted molar refractivity (Wildman–Crippen MR) is 120 cm³/mol. The zero-order valence-electron chi connectivity index (χ0n) is 16.3. The van der Waals surface area contributed by atoms with Crippen LogP contribution in [0.25, 0.3) is 10.4 Å². The third-order valence-electron chi connectivity index (χ3n) is 4.20. The van der Waals surface area contributed by atoms with Gasteiger partial charge in [0.25, 0.3) is 15.9 Å². The Hall–Kier alpha value is -3.63. The van der Waals surface area contributed by atoms with E-state index in [9.17, 15) is 13.2 Å². The molecule has 31 heavy (non-hydrogen) atoms. The Balaban J connectivity index is 1.52. The maximum atomic E-state index is 12.8. The van der Waals surface area contributed by atoms with Crippen LogP contribution in [-0.4, -0.2) is 29.3 Å². The summed E-state index contributed by atoms with van der Waals surface area (Å²) in [7, 11) is -3.85. The van der Waals surface area contributed by atoms with Gasteiger partial charge in [-0.15, -0.1) is 11.3 Å². The summed E-state index contributed by atoms with van der Waals surface area (Å²) < 4.78 is 27.3. The van der Waals surface area contributed by atoms with Gasteiger partial charge in [0.2, 0.25) is 5.95 Å². The number of aryl methyl sites for hydroxylation is 1.